The number of nitrogens with one attached hydrogen (secondary N) is 1. The summed E-state index contributed by atoms with van der Waals surface area (Å²) in [5.41, 5.74) is 0.465. The van der Waals surface area contributed by atoms with Gasteiger partial charge < -0.3 is 5.32 Å². The molecule has 1 amide bonds. The zero-order valence-corrected chi connectivity index (χ0v) is 15.5. The highest BCUT2D eigenvalue weighted by Gasteiger charge is 2.33. The van der Waals surface area contributed by atoms with Gasteiger partial charge in [-0.3, -0.25) is 4.79 Å². The Morgan fingerprint density at radius 2 is 1.72 bits per heavy atom. The lowest BCUT2D eigenvalue weighted by Gasteiger charge is -2.25. The number of carbonyl (C=O) groups excluding carboxylic acids is 1. The molecule has 2 heterocycles. The Morgan fingerprint density at radius 3 is 2.28 bits per heavy atom. The summed E-state index contributed by atoms with van der Waals surface area (Å²) >= 11 is 0. The molecule has 0 aliphatic carbocycles. The van der Waals surface area contributed by atoms with Crippen LogP contribution >= 0.6 is 0 Å². The zero-order valence-electron chi connectivity index (χ0n) is 13.8. The molecule has 3 rings (SSSR count). The van der Waals surface area contributed by atoms with Crippen molar-refractivity contribution in [2.45, 2.75) is 30.6 Å². The maximum absolute atomic E-state index is 12.6. The maximum Gasteiger partial charge on any atom is 0.243 e. The van der Waals surface area contributed by atoms with E-state index in [1.165, 1.54) is 28.6 Å². The topological polar surface area (TPSA) is 101 Å². The molecule has 0 bridgehead atoms. The Hall–Kier alpha value is -1.45. The van der Waals surface area contributed by atoms with Crippen molar-refractivity contribution < 1.29 is 21.6 Å². The monoisotopic (exact) mass is 386 g/mol. The molecule has 2 saturated heterocycles. The van der Waals surface area contributed by atoms with Gasteiger partial charge in [-0.05, 0) is 43.5 Å². The second-order valence-corrected chi connectivity index (χ2v) is 10.7. The van der Waals surface area contributed by atoms with Crippen molar-refractivity contribution >= 4 is 31.5 Å². The van der Waals surface area contributed by atoms with Crippen LogP contribution in [0.5, 0.6) is 0 Å². The van der Waals surface area contributed by atoms with Gasteiger partial charge in [0.25, 0.3) is 0 Å². The highest BCUT2D eigenvalue weighted by atomic mass is 32.2. The largest absolute Gasteiger partial charge is 0.326 e. The van der Waals surface area contributed by atoms with E-state index < -0.39 is 25.8 Å². The average molecular weight is 386 g/mol. The number of hydrogen-bond donors (Lipinski definition) is 1. The van der Waals surface area contributed by atoms with E-state index in [1.807, 2.05) is 0 Å². The van der Waals surface area contributed by atoms with E-state index >= 15 is 0 Å². The Labute approximate surface area is 148 Å². The first-order chi connectivity index (χ1) is 11.8. The normalized spacial score (nSPS) is 24.1. The minimum absolute atomic E-state index is 0.0398. The molecule has 2 aliphatic heterocycles. The van der Waals surface area contributed by atoms with Crippen molar-refractivity contribution in [1.29, 1.82) is 0 Å². The van der Waals surface area contributed by atoms with Gasteiger partial charge in [-0.2, -0.15) is 4.31 Å². The number of benzene rings is 1. The molecule has 7 nitrogen and oxygen atoms in total. The van der Waals surface area contributed by atoms with E-state index in [9.17, 15) is 21.6 Å². The molecule has 0 saturated carbocycles. The Balaban J connectivity index is 1.67. The molecule has 1 aromatic rings. The second-order valence-electron chi connectivity index (χ2n) is 6.58. The van der Waals surface area contributed by atoms with E-state index in [0.717, 1.165) is 19.3 Å². The molecule has 0 aromatic heterocycles. The Kier molecular flexibility index (Phi) is 5.17. The third-order valence-electron chi connectivity index (χ3n) is 4.68. The molecule has 25 heavy (non-hydrogen) atoms. The first kappa shape index (κ1) is 18.3. The van der Waals surface area contributed by atoms with E-state index in [2.05, 4.69) is 5.32 Å². The van der Waals surface area contributed by atoms with Crippen LogP contribution in [0.25, 0.3) is 0 Å². The molecule has 1 atom stereocenters. The Bertz CT molecular complexity index is 841. The van der Waals surface area contributed by atoms with E-state index in [4.69, 9.17) is 0 Å². The lowest BCUT2D eigenvalue weighted by molar-refractivity contribution is -0.119. The Morgan fingerprint density at radius 1 is 1.08 bits per heavy atom. The summed E-state index contributed by atoms with van der Waals surface area (Å²) in [6, 6.07) is 6.03. The molecule has 138 valence electrons. The van der Waals surface area contributed by atoms with Gasteiger partial charge in [0.1, 0.15) is 0 Å². The summed E-state index contributed by atoms with van der Waals surface area (Å²) < 4.78 is 49.5. The van der Waals surface area contributed by atoms with Gasteiger partial charge in [0.05, 0.1) is 22.3 Å². The first-order valence-electron chi connectivity index (χ1n) is 8.39. The predicted octanol–water partition coefficient (Wildman–Crippen LogP) is 1.23. The van der Waals surface area contributed by atoms with Crippen LogP contribution in [0.4, 0.5) is 5.69 Å². The number of piperidine rings is 1. The lowest BCUT2D eigenvalue weighted by Crippen LogP contribution is -2.35. The smallest absolute Gasteiger partial charge is 0.243 e. The molecule has 0 spiro atoms. The fraction of sp³-hybridized carbons (Fsp3) is 0.562. The molecule has 1 aromatic carbocycles. The summed E-state index contributed by atoms with van der Waals surface area (Å²) in [4.78, 5) is 12.3. The minimum atomic E-state index is -3.50. The summed E-state index contributed by atoms with van der Waals surface area (Å²) in [5.74, 6) is -0.965. The van der Waals surface area contributed by atoms with Crippen molar-refractivity contribution in [3.8, 4) is 0 Å². The number of anilines is 1. The van der Waals surface area contributed by atoms with Crippen molar-refractivity contribution in [3.63, 3.8) is 0 Å². The molecule has 0 radical (unpaired) electrons. The number of rotatable bonds is 4. The number of amides is 1. The first-order valence-corrected chi connectivity index (χ1v) is 11.7. The van der Waals surface area contributed by atoms with Gasteiger partial charge in [-0.1, -0.05) is 6.42 Å². The average Bonchev–Trinajstić information content (AvgIpc) is 2.96. The van der Waals surface area contributed by atoms with Crippen LogP contribution < -0.4 is 5.32 Å². The van der Waals surface area contributed by atoms with Gasteiger partial charge in [-0.15, -0.1) is 0 Å². The minimum Gasteiger partial charge on any atom is -0.326 e. The van der Waals surface area contributed by atoms with Gasteiger partial charge in [0.15, 0.2) is 9.84 Å². The highest BCUT2D eigenvalue weighted by molar-refractivity contribution is 7.91. The summed E-state index contributed by atoms with van der Waals surface area (Å²) in [5, 5.41) is 2.67. The molecular weight excluding hydrogens is 364 g/mol. The quantitative estimate of drug-likeness (QED) is 0.839. The van der Waals surface area contributed by atoms with Gasteiger partial charge in [-0.25, -0.2) is 16.8 Å². The van der Waals surface area contributed by atoms with Gasteiger partial charge >= 0.3 is 0 Å². The van der Waals surface area contributed by atoms with E-state index in [1.54, 1.807) is 0 Å². The molecule has 0 unspecified atom stereocenters. The third-order valence-corrected chi connectivity index (χ3v) is 8.36. The van der Waals surface area contributed by atoms with Crippen LogP contribution in [-0.4, -0.2) is 51.6 Å². The lowest BCUT2D eigenvalue weighted by atomic mass is 10.1. The number of nitrogens with zero attached hydrogens (tertiary/aromatic N) is 1. The van der Waals surface area contributed by atoms with Crippen LogP contribution in [-0.2, 0) is 24.7 Å². The third kappa shape index (κ3) is 4.21. The van der Waals surface area contributed by atoms with Gasteiger partial charge in [0.2, 0.25) is 15.9 Å². The van der Waals surface area contributed by atoms with Crippen molar-refractivity contribution in [2.24, 2.45) is 5.92 Å². The van der Waals surface area contributed by atoms with Crippen LogP contribution in [0.3, 0.4) is 0 Å². The predicted molar refractivity (Wildman–Crippen MR) is 94.4 cm³/mol. The number of sulfonamides is 1. The fourth-order valence-corrected chi connectivity index (χ4v) is 6.47. The van der Waals surface area contributed by atoms with Crippen LogP contribution in [0.2, 0.25) is 0 Å². The zero-order chi connectivity index (χ0) is 18.1. The van der Waals surface area contributed by atoms with E-state index in [0.29, 0.717) is 25.2 Å². The van der Waals surface area contributed by atoms with E-state index in [-0.39, 0.29) is 22.3 Å². The van der Waals surface area contributed by atoms with Crippen LogP contribution in [0, 0.1) is 5.92 Å². The fourth-order valence-electron chi connectivity index (χ4n) is 3.21. The highest BCUT2D eigenvalue weighted by Crippen LogP contribution is 2.23. The molecule has 2 aliphatic rings. The molecule has 1 N–H and O–H groups in total. The molecule has 2 fully saturated rings. The SMILES string of the molecule is O=C(Nc1ccc(S(=O)(=O)N2CCCCC2)cc1)[C@@H]1CCS(=O)(=O)C1. The number of sulfone groups is 1. The summed E-state index contributed by atoms with van der Waals surface area (Å²) in [6.07, 6.45) is 3.12. The van der Waals surface area contributed by atoms with Crippen LogP contribution in [0.15, 0.2) is 29.2 Å². The summed E-state index contributed by atoms with van der Waals surface area (Å²) in [6.45, 7) is 1.08. The van der Waals surface area contributed by atoms with Crippen LogP contribution in [0.1, 0.15) is 25.7 Å². The van der Waals surface area contributed by atoms with Gasteiger partial charge in [0, 0.05) is 18.8 Å². The molecule has 9 heteroatoms. The standard InChI is InChI=1S/C16H22N2O5S2/c19-16(13-8-11-24(20,21)12-13)17-14-4-6-15(7-5-14)25(22,23)18-9-2-1-3-10-18/h4-7,13H,1-3,8-12H2,(H,17,19)/t13-/m1/s1. The number of hydrogen-bond acceptors (Lipinski definition) is 5. The summed E-state index contributed by atoms with van der Waals surface area (Å²) in [7, 11) is -6.61. The van der Waals surface area contributed by atoms with Crippen molar-refractivity contribution in [3.05, 3.63) is 24.3 Å². The van der Waals surface area contributed by atoms with Crippen molar-refractivity contribution in [1.82, 2.24) is 4.31 Å². The maximum atomic E-state index is 12.6. The second kappa shape index (κ2) is 7.05. The molecular formula is C16H22N2O5S2. The number of carbonyl (C=O) groups is 1. The van der Waals surface area contributed by atoms with Crippen molar-refractivity contribution in [2.75, 3.05) is 29.9 Å².